The molecule has 156 valence electrons. The van der Waals surface area contributed by atoms with E-state index in [-0.39, 0.29) is 11.8 Å². The molecule has 0 saturated carbocycles. The van der Waals surface area contributed by atoms with Crippen molar-refractivity contribution in [2.75, 3.05) is 13.7 Å². The molecule has 2 aliphatic rings. The van der Waals surface area contributed by atoms with Gasteiger partial charge in [-0.15, -0.1) is 0 Å². The summed E-state index contributed by atoms with van der Waals surface area (Å²) in [7, 11) is 1.71. The number of hydrogen-bond donors (Lipinski definition) is 1. The Labute approximate surface area is 177 Å². The first-order chi connectivity index (χ1) is 14.7. The van der Waals surface area contributed by atoms with Gasteiger partial charge in [-0.1, -0.05) is 42.0 Å². The Morgan fingerprint density at radius 1 is 1.20 bits per heavy atom. The Kier molecular flexibility index (Phi) is 6.07. The Balaban J connectivity index is 1.58. The highest BCUT2D eigenvalue weighted by molar-refractivity contribution is 5.53. The fourth-order valence-corrected chi connectivity index (χ4v) is 4.32. The number of phenolic OH excluding ortho intramolecular Hbond substituents is 1. The van der Waals surface area contributed by atoms with Crippen LogP contribution in [-0.4, -0.2) is 36.1 Å². The second-order valence-electron chi connectivity index (χ2n) is 7.76. The van der Waals surface area contributed by atoms with Gasteiger partial charge in [0.2, 0.25) is 6.41 Å². The van der Waals surface area contributed by atoms with Gasteiger partial charge in [-0.25, -0.2) is 0 Å². The zero-order valence-electron chi connectivity index (χ0n) is 17.2. The van der Waals surface area contributed by atoms with Crippen LogP contribution in [0.1, 0.15) is 30.4 Å². The predicted octanol–water partition coefficient (Wildman–Crippen LogP) is 4.37. The summed E-state index contributed by atoms with van der Waals surface area (Å²) in [6, 6.07) is 15.2. The van der Waals surface area contributed by atoms with Crippen molar-refractivity contribution in [2.45, 2.75) is 38.3 Å². The van der Waals surface area contributed by atoms with E-state index >= 15 is 0 Å². The van der Waals surface area contributed by atoms with Gasteiger partial charge in [-0.2, -0.15) is 0 Å². The second kappa shape index (κ2) is 9.08. The average Bonchev–Trinajstić information content (AvgIpc) is 2.79. The minimum atomic E-state index is -0.00970. The number of carbonyl (C=O) groups excluding carboxylic acids is 1. The number of amides is 1. The normalized spacial score (nSPS) is 18.5. The predicted molar refractivity (Wildman–Crippen MR) is 115 cm³/mol. The van der Waals surface area contributed by atoms with Crippen molar-refractivity contribution >= 4 is 6.41 Å². The summed E-state index contributed by atoms with van der Waals surface area (Å²) in [5.41, 5.74) is 4.73. The quantitative estimate of drug-likeness (QED) is 0.549. The summed E-state index contributed by atoms with van der Waals surface area (Å²) >= 11 is 0. The number of ether oxygens (including phenoxy) is 2. The Morgan fingerprint density at radius 2 is 2.03 bits per heavy atom. The smallest absolute Gasteiger partial charge is 0.210 e. The van der Waals surface area contributed by atoms with Gasteiger partial charge in [0.25, 0.3) is 0 Å². The van der Waals surface area contributed by atoms with Crippen LogP contribution in [0, 0.1) is 0 Å². The van der Waals surface area contributed by atoms with Crippen LogP contribution in [0.5, 0.6) is 11.5 Å². The fourth-order valence-electron chi connectivity index (χ4n) is 4.32. The molecule has 1 heterocycles. The van der Waals surface area contributed by atoms with E-state index < -0.39 is 0 Å². The van der Waals surface area contributed by atoms with Crippen LogP contribution in [0.25, 0.3) is 0 Å². The lowest BCUT2D eigenvalue weighted by molar-refractivity contribution is -0.119. The lowest BCUT2D eigenvalue weighted by atomic mass is 9.82. The first-order valence-corrected chi connectivity index (χ1v) is 10.3. The summed E-state index contributed by atoms with van der Waals surface area (Å²) in [6.45, 7) is 1.13. The number of methoxy groups -OCH3 is 1. The monoisotopic (exact) mass is 405 g/mol. The molecule has 5 heteroatoms. The molecule has 1 atom stereocenters. The maximum atomic E-state index is 11.8. The molecular formula is C25H27NO4. The van der Waals surface area contributed by atoms with Crippen LogP contribution in [0.2, 0.25) is 0 Å². The van der Waals surface area contributed by atoms with Crippen LogP contribution in [-0.2, 0) is 22.6 Å². The number of rotatable bonds is 7. The molecule has 0 spiro atoms. The van der Waals surface area contributed by atoms with E-state index in [4.69, 9.17) is 9.47 Å². The van der Waals surface area contributed by atoms with Crippen molar-refractivity contribution in [3.63, 3.8) is 0 Å². The van der Waals surface area contributed by atoms with Gasteiger partial charge in [0.1, 0.15) is 18.1 Å². The van der Waals surface area contributed by atoms with Crippen LogP contribution >= 0.6 is 0 Å². The van der Waals surface area contributed by atoms with E-state index in [1.54, 1.807) is 19.2 Å². The van der Waals surface area contributed by atoms with Gasteiger partial charge < -0.3 is 19.5 Å². The highest BCUT2D eigenvalue weighted by Crippen LogP contribution is 2.37. The van der Waals surface area contributed by atoms with E-state index in [0.29, 0.717) is 25.3 Å². The van der Waals surface area contributed by atoms with Crippen molar-refractivity contribution in [3.8, 4) is 11.5 Å². The molecule has 2 aromatic rings. The number of carbonyl (C=O) groups is 1. The van der Waals surface area contributed by atoms with Gasteiger partial charge in [-0.3, -0.25) is 4.79 Å². The van der Waals surface area contributed by atoms with Crippen LogP contribution in [0.15, 0.2) is 71.5 Å². The van der Waals surface area contributed by atoms with Crippen molar-refractivity contribution in [2.24, 2.45) is 0 Å². The Bertz CT molecular complexity index is 964. The summed E-state index contributed by atoms with van der Waals surface area (Å²) < 4.78 is 11.5. The second-order valence-corrected chi connectivity index (χ2v) is 7.76. The van der Waals surface area contributed by atoms with Gasteiger partial charge >= 0.3 is 0 Å². The maximum Gasteiger partial charge on any atom is 0.210 e. The molecule has 30 heavy (non-hydrogen) atoms. The number of allylic oxidation sites excluding steroid dienone is 2. The van der Waals surface area contributed by atoms with Crippen LogP contribution in [0.4, 0.5) is 0 Å². The Morgan fingerprint density at radius 3 is 2.80 bits per heavy atom. The Hall–Kier alpha value is -3.21. The topological polar surface area (TPSA) is 59.0 Å². The summed E-state index contributed by atoms with van der Waals surface area (Å²) in [4.78, 5) is 13.7. The average molecular weight is 405 g/mol. The third-order valence-electron chi connectivity index (χ3n) is 5.96. The largest absolute Gasteiger partial charge is 0.508 e. The summed E-state index contributed by atoms with van der Waals surface area (Å²) in [6.07, 6.45) is 6.23. The zero-order valence-corrected chi connectivity index (χ0v) is 17.2. The van der Waals surface area contributed by atoms with Crippen molar-refractivity contribution in [1.82, 2.24) is 4.90 Å². The number of phenols is 1. The van der Waals surface area contributed by atoms with Gasteiger partial charge in [0.05, 0.1) is 18.9 Å². The number of hydrogen-bond acceptors (Lipinski definition) is 4. The molecule has 0 aromatic heterocycles. The molecule has 0 saturated heterocycles. The molecule has 0 bridgehead atoms. The van der Waals surface area contributed by atoms with E-state index in [2.05, 4.69) is 6.08 Å². The highest BCUT2D eigenvalue weighted by Gasteiger charge is 2.31. The van der Waals surface area contributed by atoms with E-state index in [9.17, 15) is 9.90 Å². The minimum Gasteiger partial charge on any atom is -0.508 e. The molecule has 1 aliphatic carbocycles. The molecule has 1 N–H and O–H groups in total. The summed E-state index contributed by atoms with van der Waals surface area (Å²) in [5, 5.41) is 10.0. The summed E-state index contributed by atoms with van der Waals surface area (Å²) in [5.74, 6) is 1.83. The first kappa shape index (κ1) is 20.1. The molecule has 0 fully saturated rings. The maximum absolute atomic E-state index is 11.8. The molecule has 5 nitrogen and oxygen atoms in total. The fraction of sp³-hybridized carbons (Fsp3) is 0.320. The number of nitrogens with zero attached hydrogens (tertiary/aromatic N) is 1. The minimum absolute atomic E-state index is 0.00970. The number of benzene rings is 2. The lowest BCUT2D eigenvalue weighted by Gasteiger charge is -2.38. The van der Waals surface area contributed by atoms with Gasteiger partial charge in [0, 0.05) is 25.5 Å². The SMILES string of the molecule is COC1=CCC2=C(CCN(C=O)C2Cc2ccc(O)cc2OCc2ccccc2)C1. The molecule has 0 radical (unpaired) electrons. The third kappa shape index (κ3) is 4.35. The third-order valence-corrected chi connectivity index (χ3v) is 5.96. The van der Waals surface area contributed by atoms with Gasteiger partial charge in [0.15, 0.2) is 0 Å². The molecule has 1 amide bonds. The van der Waals surface area contributed by atoms with Gasteiger partial charge in [-0.05, 0) is 41.7 Å². The van der Waals surface area contributed by atoms with E-state index in [0.717, 1.165) is 42.6 Å². The molecule has 1 aliphatic heterocycles. The van der Waals surface area contributed by atoms with Crippen molar-refractivity contribution in [3.05, 3.63) is 82.6 Å². The van der Waals surface area contributed by atoms with Crippen molar-refractivity contribution < 1.29 is 19.4 Å². The molecule has 2 aromatic carbocycles. The number of aromatic hydroxyl groups is 1. The standard InChI is InChI=1S/C25H27NO4/c1-29-22-9-10-23-19(13-22)11-12-26(17-27)24(23)14-20-7-8-21(28)15-25(20)30-16-18-5-3-2-4-6-18/h2-9,15,17,24,28H,10-14,16H2,1H3. The highest BCUT2D eigenvalue weighted by atomic mass is 16.5. The van der Waals surface area contributed by atoms with Crippen LogP contribution in [0.3, 0.4) is 0 Å². The lowest BCUT2D eigenvalue weighted by Crippen LogP contribution is -2.42. The molecular weight excluding hydrogens is 378 g/mol. The van der Waals surface area contributed by atoms with Crippen molar-refractivity contribution in [1.29, 1.82) is 0 Å². The van der Waals surface area contributed by atoms with Crippen LogP contribution < -0.4 is 4.74 Å². The molecule has 1 unspecified atom stereocenters. The first-order valence-electron chi connectivity index (χ1n) is 10.3. The zero-order chi connectivity index (χ0) is 20.9. The van der Waals surface area contributed by atoms with E-state index in [1.165, 1.54) is 11.1 Å². The molecule has 4 rings (SSSR count). The van der Waals surface area contributed by atoms with E-state index in [1.807, 2.05) is 41.3 Å².